The summed E-state index contributed by atoms with van der Waals surface area (Å²) >= 11 is 3.41. The second kappa shape index (κ2) is 7.10. The van der Waals surface area contributed by atoms with E-state index in [1.807, 2.05) is 43.4 Å². The molecule has 0 spiro atoms. The molecular weight excluding hydrogens is 316 g/mol. The number of carbonyl (C=O) groups excluding carboxylic acids is 1. The highest BCUT2D eigenvalue weighted by Crippen LogP contribution is 2.11. The van der Waals surface area contributed by atoms with Crippen molar-refractivity contribution in [3.05, 3.63) is 64.1 Å². The number of hydrogen-bond donors (Lipinski definition) is 2. The van der Waals surface area contributed by atoms with Crippen LogP contribution in [-0.2, 0) is 6.42 Å². The van der Waals surface area contributed by atoms with E-state index in [2.05, 4.69) is 38.7 Å². The van der Waals surface area contributed by atoms with Gasteiger partial charge >= 0.3 is 0 Å². The van der Waals surface area contributed by atoms with Crippen molar-refractivity contribution >= 4 is 27.5 Å². The van der Waals surface area contributed by atoms with Gasteiger partial charge in [-0.1, -0.05) is 34.1 Å². The fourth-order valence-electron chi connectivity index (χ4n) is 1.89. The highest BCUT2D eigenvalue weighted by Gasteiger charge is 2.05. The van der Waals surface area contributed by atoms with Crippen LogP contribution in [0.3, 0.4) is 0 Å². The van der Waals surface area contributed by atoms with Crippen molar-refractivity contribution in [3.63, 3.8) is 0 Å². The molecule has 0 aliphatic rings. The fraction of sp³-hybridized carbons (Fsp3) is 0.188. The van der Waals surface area contributed by atoms with E-state index in [9.17, 15) is 4.79 Å². The van der Waals surface area contributed by atoms with Crippen molar-refractivity contribution in [1.29, 1.82) is 0 Å². The number of halogens is 1. The van der Waals surface area contributed by atoms with Crippen LogP contribution in [0.2, 0.25) is 0 Å². The Morgan fingerprint density at radius 3 is 2.60 bits per heavy atom. The minimum Gasteiger partial charge on any atom is -0.388 e. The van der Waals surface area contributed by atoms with Gasteiger partial charge in [-0.05, 0) is 42.3 Å². The summed E-state index contributed by atoms with van der Waals surface area (Å²) in [6.07, 6.45) is 0.824. The predicted molar refractivity (Wildman–Crippen MR) is 86.2 cm³/mol. The van der Waals surface area contributed by atoms with Gasteiger partial charge in [-0.25, -0.2) is 0 Å². The van der Waals surface area contributed by atoms with E-state index in [0.717, 1.165) is 16.6 Å². The summed E-state index contributed by atoms with van der Waals surface area (Å²) in [5.41, 5.74) is 2.82. The summed E-state index contributed by atoms with van der Waals surface area (Å²) in [5.74, 6) is -0.0424. The van der Waals surface area contributed by atoms with E-state index in [4.69, 9.17) is 0 Å². The molecule has 104 valence electrons. The van der Waals surface area contributed by atoms with E-state index in [1.54, 1.807) is 0 Å². The number of anilines is 1. The molecule has 0 aliphatic heterocycles. The minimum absolute atomic E-state index is 0.0424. The molecule has 0 fully saturated rings. The first-order valence-corrected chi connectivity index (χ1v) is 7.29. The Kier molecular flexibility index (Phi) is 5.18. The maximum absolute atomic E-state index is 12.0. The second-order valence-electron chi connectivity index (χ2n) is 4.46. The first-order chi connectivity index (χ1) is 9.69. The van der Waals surface area contributed by atoms with Gasteiger partial charge in [0.15, 0.2) is 0 Å². The van der Waals surface area contributed by atoms with E-state index in [-0.39, 0.29) is 5.91 Å². The van der Waals surface area contributed by atoms with Crippen LogP contribution in [0, 0.1) is 0 Å². The van der Waals surface area contributed by atoms with Crippen LogP contribution < -0.4 is 10.6 Å². The Morgan fingerprint density at radius 2 is 1.90 bits per heavy atom. The third-order valence-electron chi connectivity index (χ3n) is 3.03. The highest BCUT2D eigenvalue weighted by molar-refractivity contribution is 9.10. The standard InChI is InChI=1S/C16H17BrN2O/c1-18-15-4-2-3-13(11-15)16(20)19-10-9-12-5-7-14(17)8-6-12/h2-8,11,18H,9-10H2,1H3,(H,19,20). The molecule has 2 aromatic carbocycles. The third kappa shape index (κ3) is 4.10. The molecular formula is C16H17BrN2O. The van der Waals surface area contributed by atoms with Crippen LogP contribution in [0.1, 0.15) is 15.9 Å². The number of benzene rings is 2. The average Bonchev–Trinajstić information content (AvgIpc) is 2.49. The van der Waals surface area contributed by atoms with E-state index >= 15 is 0 Å². The highest BCUT2D eigenvalue weighted by atomic mass is 79.9. The molecule has 2 aromatic rings. The van der Waals surface area contributed by atoms with Gasteiger partial charge in [-0.3, -0.25) is 4.79 Å². The molecule has 0 atom stereocenters. The summed E-state index contributed by atoms with van der Waals surface area (Å²) in [5, 5.41) is 5.96. The lowest BCUT2D eigenvalue weighted by atomic mass is 10.1. The van der Waals surface area contributed by atoms with Crippen LogP contribution in [0.15, 0.2) is 53.0 Å². The first kappa shape index (κ1) is 14.6. The Morgan fingerprint density at radius 1 is 1.15 bits per heavy atom. The van der Waals surface area contributed by atoms with Crippen LogP contribution >= 0.6 is 15.9 Å². The molecule has 0 heterocycles. The largest absolute Gasteiger partial charge is 0.388 e. The zero-order valence-electron chi connectivity index (χ0n) is 11.3. The van der Waals surface area contributed by atoms with Crippen molar-refractivity contribution in [2.24, 2.45) is 0 Å². The topological polar surface area (TPSA) is 41.1 Å². The fourth-order valence-corrected chi connectivity index (χ4v) is 2.15. The molecule has 0 unspecified atom stereocenters. The molecule has 2 rings (SSSR count). The minimum atomic E-state index is -0.0424. The quantitative estimate of drug-likeness (QED) is 0.880. The van der Waals surface area contributed by atoms with Gasteiger partial charge in [0, 0.05) is 29.3 Å². The van der Waals surface area contributed by atoms with Gasteiger partial charge in [0.25, 0.3) is 5.91 Å². The molecule has 0 saturated heterocycles. The van der Waals surface area contributed by atoms with E-state index in [1.165, 1.54) is 5.56 Å². The smallest absolute Gasteiger partial charge is 0.251 e. The number of carbonyl (C=O) groups is 1. The first-order valence-electron chi connectivity index (χ1n) is 6.49. The van der Waals surface area contributed by atoms with E-state index in [0.29, 0.717) is 12.1 Å². The van der Waals surface area contributed by atoms with Crippen LogP contribution in [-0.4, -0.2) is 19.5 Å². The Balaban J connectivity index is 1.87. The SMILES string of the molecule is CNc1cccc(C(=O)NCCc2ccc(Br)cc2)c1. The maximum Gasteiger partial charge on any atom is 0.251 e. The Labute approximate surface area is 127 Å². The van der Waals surface area contributed by atoms with Gasteiger partial charge in [-0.2, -0.15) is 0 Å². The molecule has 0 aliphatic carbocycles. The summed E-state index contributed by atoms with van der Waals surface area (Å²) < 4.78 is 1.06. The zero-order valence-corrected chi connectivity index (χ0v) is 12.9. The molecule has 20 heavy (non-hydrogen) atoms. The Bertz CT molecular complexity index is 581. The maximum atomic E-state index is 12.0. The number of nitrogens with one attached hydrogen (secondary N) is 2. The van der Waals surface area contributed by atoms with Crippen molar-refractivity contribution in [3.8, 4) is 0 Å². The lowest BCUT2D eigenvalue weighted by Crippen LogP contribution is -2.25. The summed E-state index contributed by atoms with van der Waals surface area (Å²) in [6.45, 7) is 0.629. The van der Waals surface area contributed by atoms with Gasteiger partial charge in [0.1, 0.15) is 0 Å². The molecule has 0 saturated carbocycles. The van der Waals surface area contributed by atoms with Gasteiger partial charge in [0.2, 0.25) is 0 Å². The van der Waals surface area contributed by atoms with E-state index < -0.39 is 0 Å². The van der Waals surface area contributed by atoms with Crippen LogP contribution in [0.4, 0.5) is 5.69 Å². The van der Waals surface area contributed by atoms with Crippen molar-refractivity contribution in [2.45, 2.75) is 6.42 Å². The van der Waals surface area contributed by atoms with Crippen LogP contribution in [0.25, 0.3) is 0 Å². The zero-order chi connectivity index (χ0) is 14.4. The second-order valence-corrected chi connectivity index (χ2v) is 5.38. The van der Waals surface area contributed by atoms with Crippen LogP contribution in [0.5, 0.6) is 0 Å². The molecule has 0 bridgehead atoms. The lowest BCUT2D eigenvalue weighted by Gasteiger charge is -2.07. The number of rotatable bonds is 5. The summed E-state index contributed by atoms with van der Waals surface area (Å²) in [4.78, 5) is 12.0. The summed E-state index contributed by atoms with van der Waals surface area (Å²) in [7, 11) is 1.84. The number of amides is 1. The van der Waals surface area contributed by atoms with Crippen molar-refractivity contribution < 1.29 is 4.79 Å². The predicted octanol–water partition coefficient (Wildman–Crippen LogP) is 3.46. The molecule has 0 aromatic heterocycles. The normalized spacial score (nSPS) is 10.1. The molecule has 4 heteroatoms. The average molecular weight is 333 g/mol. The third-order valence-corrected chi connectivity index (χ3v) is 3.55. The Hall–Kier alpha value is -1.81. The lowest BCUT2D eigenvalue weighted by molar-refractivity contribution is 0.0954. The van der Waals surface area contributed by atoms with Gasteiger partial charge in [0.05, 0.1) is 0 Å². The monoisotopic (exact) mass is 332 g/mol. The van der Waals surface area contributed by atoms with Gasteiger partial charge < -0.3 is 10.6 Å². The molecule has 2 N–H and O–H groups in total. The molecule has 0 radical (unpaired) electrons. The summed E-state index contributed by atoms with van der Waals surface area (Å²) in [6, 6.07) is 15.6. The molecule has 3 nitrogen and oxygen atoms in total. The number of hydrogen-bond acceptors (Lipinski definition) is 2. The van der Waals surface area contributed by atoms with Crippen molar-refractivity contribution in [1.82, 2.24) is 5.32 Å². The van der Waals surface area contributed by atoms with Crippen molar-refractivity contribution in [2.75, 3.05) is 18.9 Å². The molecule has 1 amide bonds. The van der Waals surface area contributed by atoms with Gasteiger partial charge in [-0.15, -0.1) is 0 Å².